The molecule has 0 bridgehead atoms. The highest BCUT2D eigenvalue weighted by atomic mass is 19.4. The van der Waals surface area contributed by atoms with E-state index in [1.165, 1.54) is 18.2 Å². The fraction of sp³-hybridized carbons (Fsp3) is 0.308. The van der Waals surface area contributed by atoms with Crippen LogP contribution in [-0.2, 0) is 7.05 Å². The molecule has 2 rings (SSSR count). The minimum absolute atomic E-state index is 0.286. The molecule has 1 aromatic heterocycles. The maximum Gasteiger partial charge on any atom is 0.573 e. The molecule has 0 amide bonds. The van der Waals surface area contributed by atoms with E-state index in [0.717, 1.165) is 0 Å². The SMILES string of the molecule is Cc1nn(C)cc1C(NN)c1ccccc1OC(F)(F)F. The Morgan fingerprint density at radius 1 is 1.29 bits per heavy atom. The summed E-state index contributed by atoms with van der Waals surface area (Å²) < 4.78 is 43.1. The van der Waals surface area contributed by atoms with Crippen molar-refractivity contribution in [1.82, 2.24) is 15.2 Å². The van der Waals surface area contributed by atoms with Gasteiger partial charge in [-0.1, -0.05) is 18.2 Å². The van der Waals surface area contributed by atoms with Gasteiger partial charge in [-0.15, -0.1) is 13.2 Å². The third-order valence-corrected chi connectivity index (χ3v) is 2.98. The number of aryl methyl sites for hydroxylation is 2. The minimum Gasteiger partial charge on any atom is -0.405 e. The van der Waals surface area contributed by atoms with Crippen molar-refractivity contribution in [3.63, 3.8) is 0 Å². The molecule has 0 fully saturated rings. The van der Waals surface area contributed by atoms with Gasteiger partial charge in [0, 0.05) is 24.4 Å². The first-order chi connectivity index (χ1) is 9.81. The van der Waals surface area contributed by atoms with Crippen molar-refractivity contribution in [3.8, 4) is 5.75 Å². The molecule has 1 atom stereocenters. The van der Waals surface area contributed by atoms with Gasteiger partial charge in [0.25, 0.3) is 0 Å². The summed E-state index contributed by atoms with van der Waals surface area (Å²) in [5.74, 6) is 5.23. The van der Waals surface area contributed by atoms with Crippen LogP contribution in [0.5, 0.6) is 5.75 Å². The lowest BCUT2D eigenvalue weighted by Gasteiger charge is -2.20. The number of aromatic nitrogens is 2. The third kappa shape index (κ3) is 3.53. The van der Waals surface area contributed by atoms with Crippen LogP contribution in [0.25, 0.3) is 0 Å². The largest absolute Gasteiger partial charge is 0.573 e. The monoisotopic (exact) mass is 300 g/mol. The van der Waals surface area contributed by atoms with Gasteiger partial charge in [-0.2, -0.15) is 5.10 Å². The van der Waals surface area contributed by atoms with Crippen LogP contribution in [0.1, 0.15) is 22.9 Å². The lowest BCUT2D eigenvalue weighted by molar-refractivity contribution is -0.275. The summed E-state index contributed by atoms with van der Waals surface area (Å²) in [6, 6.07) is 5.21. The molecule has 1 aromatic carbocycles. The molecule has 0 saturated carbocycles. The van der Waals surface area contributed by atoms with Gasteiger partial charge in [-0.3, -0.25) is 10.5 Å². The third-order valence-electron chi connectivity index (χ3n) is 2.98. The number of benzene rings is 1. The highest BCUT2D eigenvalue weighted by Gasteiger charge is 2.33. The molecule has 1 heterocycles. The molecule has 8 heteroatoms. The second-order valence-corrected chi connectivity index (χ2v) is 4.53. The highest BCUT2D eigenvalue weighted by Crippen LogP contribution is 2.33. The van der Waals surface area contributed by atoms with Crippen LogP contribution in [0.4, 0.5) is 13.2 Å². The number of rotatable bonds is 4. The van der Waals surface area contributed by atoms with E-state index in [1.54, 1.807) is 30.9 Å². The van der Waals surface area contributed by atoms with Gasteiger partial charge in [0.15, 0.2) is 0 Å². The molecule has 0 aliphatic rings. The number of ether oxygens (including phenoxy) is 1. The lowest BCUT2D eigenvalue weighted by Crippen LogP contribution is -2.30. The fourth-order valence-electron chi connectivity index (χ4n) is 2.19. The van der Waals surface area contributed by atoms with Crippen molar-refractivity contribution in [2.24, 2.45) is 12.9 Å². The predicted molar refractivity (Wildman–Crippen MR) is 70.2 cm³/mol. The Morgan fingerprint density at radius 2 is 1.95 bits per heavy atom. The van der Waals surface area contributed by atoms with Gasteiger partial charge in [0.1, 0.15) is 5.75 Å². The molecular formula is C13H15F3N4O. The fourth-order valence-corrected chi connectivity index (χ4v) is 2.19. The zero-order valence-corrected chi connectivity index (χ0v) is 11.5. The number of hydrogen-bond donors (Lipinski definition) is 2. The van der Waals surface area contributed by atoms with Crippen LogP contribution in [0.3, 0.4) is 0 Å². The first-order valence-corrected chi connectivity index (χ1v) is 6.12. The second kappa shape index (κ2) is 5.74. The molecule has 5 nitrogen and oxygen atoms in total. The molecular weight excluding hydrogens is 285 g/mol. The van der Waals surface area contributed by atoms with Crippen molar-refractivity contribution in [1.29, 1.82) is 0 Å². The van der Waals surface area contributed by atoms with Gasteiger partial charge in [0.05, 0.1) is 11.7 Å². The summed E-state index contributed by atoms with van der Waals surface area (Å²) in [5.41, 5.74) is 4.15. The predicted octanol–water partition coefficient (Wildman–Crippen LogP) is 2.18. The first-order valence-electron chi connectivity index (χ1n) is 6.12. The molecule has 2 aromatic rings. The van der Waals surface area contributed by atoms with Crippen molar-refractivity contribution in [3.05, 3.63) is 47.3 Å². The highest BCUT2D eigenvalue weighted by molar-refractivity contribution is 5.42. The number of nitrogens with zero attached hydrogens (tertiary/aromatic N) is 2. The molecule has 21 heavy (non-hydrogen) atoms. The van der Waals surface area contributed by atoms with Gasteiger partial charge in [0.2, 0.25) is 0 Å². The Bertz CT molecular complexity index is 624. The molecule has 1 unspecified atom stereocenters. The van der Waals surface area contributed by atoms with E-state index in [1.807, 2.05) is 0 Å². The maximum absolute atomic E-state index is 12.5. The summed E-state index contributed by atoms with van der Waals surface area (Å²) in [7, 11) is 1.72. The van der Waals surface area contributed by atoms with E-state index < -0.39 is 12.4 Å². The average molecular weight is 300 g/mol. The van der Waals surface area contributed by atoms with Crippen LogP contribution in [0.2, 0.25) is 0 Å². The van der Waals surface area contributed by atoms with Crippen molar-refractivity contribution >= 4 is 0 Å². The zero-order valence-electron chi connectivity index (χ0n) is 11.5. The Labute approximate surface area is 119 Å². The molecule has 3 N–H and O–H groups in total. The number of halogens is 3. The van der Waals surface area contributed by atoms with Crippen LogP contribution in [0, 0.1) is 6.92 Å². The van der Waals surface area contributed by atoms with Gasteiger partial charge >= 0.3 is 6.36 Å². The van der Waals surface area contributed by atoms with Crippen LogP contribution in [0.15, 0.2) is 30.5 Å². The maximum atomic E-state index is 12.5. The average Bonchev–Trinajstić information content (AvgIpc) is 2.70. The molecule has 0 saturated heterocycles. The van der Waals surface area contributed by atoms with E-state index in [4.69, 9.17) is 5.84 Å². The van der Waals surface area contributed by atoms with E-state index in [9.17, 15) is 13.2 Å². The Hall–Kier alpha value is -2.06. The van der Waals surface area contributed by atoms with Crippen molar-refractivity contribution in [2.75, 3.05) is 0 Å². The Morgan fingerprint density at radius 3 is 2.48 bits per heavy atom. The summed E-state index contributed by atoms with van der Waals surface area (Å²) >= 11 is 0. The summed E-state index contributed by atoms with van der Waals surface area (Å²) in [6.45, 7) is 1.76. The zero-order chi connectivity index (χ0) is 15.6. The minimum atomic E-state index is -4.76. The van der Waals surface area contributed by atoms with E-state index in [-0.39, 0.29) is 11.3 Å². The van der Waals surface area contributed by atoms with Crippen LogP contribution >= 0.6 is 0 Å². The standard InChI is InChI=1S/C13H15F3N4O/c1-8-10(7-20(2)19-8)12(18-17)9-5-3-4-6-11(9)21-13(14,15)16/h3-7,12,18H,17H2,1-2H3. The van der Waals surface area contributed by atoms with Crippen molar-refractivity contribution < 1.29 is 17.9 Å². The number of alkyl halides is 3. The Balaban J connectivity index is 2.46. The summed E-state index contributed by atoms with van der Waals surface area (Å²) in [5, 5.41) is 4.17. The van der Waals surface area contributed by atoms with Gasteiger partial charge < -0.3 is 4.74 Å². The molecule has 114 valence electrons. The number of nitrogens with one attached hydrogen (secondary N) is 1. The summed E-state index contributed by atoms with van der Waals surface area (Å²) in [4.78, 5) is 0. The van der Waals surface area contributed by atoms with Crippen LogP contribution < -0.4 is 16.0 Å². The molecule has 0 aliphatic carbocycles. The van der Waals surface area contributed by atoms with E-state index in [0.29, 0.717) is 11.3 Å². The van der Waals surface area contributed by atoms with Crippen molar-refractivity contribution in [2.45, 2.75) is 19.3 Å². The van der Waals surface area contributed by atoms with Crippen LogP contribution in [-0.4, -0.2) is 16.1 Å². The van der Waals surface area contributed by atoms with Gasteiger partial charge in [-0.05, 0) is 13.0 Å². The summed E-state index contributed by atoms with van der Waals surface area (Å²) in [6.07, 6.45) is -3.07. The van der Waals surface area contributed by atoms with E-state index >= 15 is 0 Å². The van der Waals surface area contributed by atoms with E-state index in [2.05, 4.69) is 15.3 Å². The van der Waals surface area contributed by atoms with Gasteiger partial charge in [-0.25, -0.2) is 5.43 Å². The number of para-hydroxylation sites is 1. The normalized spacial score (nSPS) is 13.2. The molecule has 0 aliphatic heterocycles. The quantitative estimate of drug-likeness (QED) is 0.671. The Kier molecular flexibility index (Phi) is 4.19. The molecule has 0 radical (unpaired) electrons. The number of hydrazine groups is 1. The first kappa shape index (κ1) is 15.3. The lowest BCUT2D eigenvalue weighted by atomic mass is 9.99. The second-order valence-electron chi connectivity index (χ2n) is 4.53. The number of hydrogen-bond acceptors (Lipinski definition) is 4. The number of nitrogens with two attached hydrogens (primary N) is 1. The molecule has 0 spiro atoms. The smallest absolute Gasteiger partial charge is 0.405 e. The topological polar surface area (TPSA) is 65.1 Å².